The SMILES string of the molecule is CCC(C(=O)OC(C)(C)C)N1C(=O)[C@@](C)(CC(N)=O)C[C@H](c2cccc(Cl)c2)[C@H]1c1ccc(Cl)cc1. The zero-order valence-electron chi connectivity index (χ0n) is 21.4. The fraction of sp³-hybridized carbons (Fsp3) is 0.464. The highest BCUT2D eigenvalue weighted by molar-refractivity contribution is 6.30. The van der Waals surface area contributed by atoms with Crippen molar-refractivity contribution in [1.29, 1.82) is 0 Å². The first kappa shape index (κ1) is 28.0. The Morgan fingerprint density at radius 3 is 2.28 bits per heavy atom. The van der Waals surface area contributed by atoms with E-state index in [0.29, 0.717) is 22.9 Å². The molecule has 1 aliphatic rings. The van der Waals surface area contributed by atoms with Gasteiger partial charge in [0.2, 0.25) is 11.8 Å². The van der Waals surface area contributed by atoms with E-state index in [1.54, 1.807) is 50.8 Å². The Bertz CT molecular complexity index is 1130. The molecular formula is C28H34Cl2N2O4. The van der Waals surface area contributed by atoms with Gasteiger partial charge < -0.3 is 15.4 Å². The van der Waals surface area contributed by atoms with Crippen LogP contribution in [0.2, 0.25) is 10.0 Å². The molecule has 0 aliphatic carbocycles. The van der Waals surface area contributed by atoms with Crippen molar-refractivity contribution in [2.24, 2.45) is 11.1 Å². The number of halogens is 2. The van der Waals surface area contributed by atoms with E-state index in [4.69, 9.17) is 33.7 Å². The molecule has 0 aromatic heterocycles. The van der Waals surface area contributed by atoms with Crippen molar-refractivity contribution in [2.45, 2.75) is 77.5 Å². The number of hydrogen-bond acceptors (Lipinski definition) is 4. The molecule has 1 heterocycles. The number of piperidine rings is 1. The third kappa shape index (κ3) is 6.22. The summed E-state index contributed by atoms with van der Waals surface area (Å²) in [6.07, 6.45) is 0.542. The maximum atomic E-state index is 14.2. The normalized spacial score (nSPS) is 23.3. The number of esters is 1. The molecular weight excluding hydrogens is 499 g/mol. The van der Waals surface area contributed by atoms with Crippen molar-refractivity contribution in [2.75, 3.05) is 0 Å². The number of benzene rings is 2. The second-order valence-electron chi connectivity index (χ2n) is 10.7. The molecule has 194 valence electrons. The third-order valence-electron chi connectivity index (χ3n) is 6.56. The summed E-state index contributed by atoms with van der Waals surface area (Å²) in [5.41, 5.74) is 5.47. The van der Waals surface area contributed by atoms with Crippen molar-refractivity contribution in [3.8, 4) is 0 Å². The number of likely N-dealkylation sites (tertiary alicyclic amines) is 1. The lowest BCUT2D eigenvalue weighted by atomic mass is 9.67. The summed E-state index contributed by atoms with van der Waals surface area (Å²) < 4.78 is 5.74. The van der Waals surface area contributed by atoms with Crippen LogP contribution < -0.4 is 5.73 Å². The summed E-state index contributed by atoms with van der Waals surface area (Å²) in [4.78, 5) is 41.4. The number of carbonyl (C=O) groups excluding carboxylic acids is 3. The van der Waals surface area contributed by atoms with Crippen molar-refractivity contribution < 1.29 is 19.1 Å². The van der Waals surface area contributed by atoms with Gasteiger partial charge in [0.15, 0.2) is 0 Å². The van der Waals surface area contributed by atoms with Crippen LogP contribution in [0.4, 0.5) is 0 Å². The van der Waals surface area contributed by atoms with Crippen molar-refractivity contribution >= 4 is 41.0 Å². The maximum Gasteiger partial charge on any atom is 0.329 e. The maximum absolute atomic E-state index is 14.2. The van der Waals surface area contributed by atoms with Gasteiger partial charge in [-0.25, -0.2) is 4.79 Å². The lowest BCUT2D eigenvalue weighted by Crippen LogP contribution is -2.58. The summed E-state index contributed by atoms with van der Waals surface area (Å²) in [6, 6.07) is 13.3. The van der Waals surface area contributed by atoms with E-state index < -0.39 is 35.0 Å². The Kier molecular flexibility index (Phi) is 8.41. The van der Waals surface area contributed by atoms with E-state index in [1.807, 2.05) is 37.3 Å². The van der Waals surface area contributed by atoms with Crippen LogP contribution in [-0.2, 0) is 19.1 Å². The van der Waals surface area contributed by atoms with Crippen molar-refractivity contribution in [3.63, 3.8) is 0 Å². The summed E-state index contributed by atoms with van der Waals surface area (Å²) >= 11 is 12.5. The van der Waals surface area contributed by atoms with Gasteiger partial charge in [-0.1, -0.05) is 61.3 Å². The average molecular weight is 533 g/mol. The molecule has 8 heteroatoms. The highest BCUT2D eigenvalue weighted by Gasteiger charge is 2.53. The minimum Gasteiger partial charge on any atom is -0.458 e. The monoisotopic (exact) mass is 532 g/mol. The van der Waals surface area contributed by atoms with Crippen LogP contribution in [0.15, 0.2) is 48.5 Å². The molecule has 3 rings (SSSR count). The molecule has 0 radical (unpaired) electrons. The lowest BCUT2D eigenvalue weighted by Gasteiger charge is -2.51. The largest absolute Gasteiger partial charge is 0.458 e. The number of ether oxygens (including phenoxy) is 1. The Hall–Kier alpha value is -2.57. The van der Waals surface area contributed by atoms with E-state index in [2.05, 4.69) is 0 Å². The van der Waals surface area contributed by atoms with Gasteiger partial charge in [-0.05, 0) is 69.0 Å². The van der Waals surface area contributed by atoms with Gasteiger partial charge in [0, 0.05) is 22.4 Å². The number of amides is 2. The number of primary amides is 1. The summed E-state index contributed by atoms with van der Waals surface area (Å²) in [5.74, 6) is -1.66. The van der Waals surface area contributed by atoms with E-state index in [-0.39, 0.29) is 18.2 Å². The molecule has 1 unspecified atom stereocenters. The summed E-state index contributed by atoms with van der Waals surface area (Å²) in [7, 11) is 0. The van der Waals surface area contributed by atoms with E-state index in [1.165, 1.54) is 0 Å². The summed E-state index contributed by atoms with van der Waals surface area (Å²) in [6.45, 7) is 8.95. The molecule has 1 saturated heterocycles. The highest BCUT2D eigenvalue weighted by Crippen LogP contribution is 2.52. The fourth-order valence-corrected chi connectivity index (χ4v) is 5.45. The topological polar surface area (TPSA) is 89.7 Å². The predicted octanol–water partition coefficient (Wildman–Crippen LogP) is 6.05. The molecule has 1 fully saturated rings. The number of rotatable bonds is 7. The zero-order valence-corrected chi connectivity index (χ0v) is 22.9. The Morgan fingerprint density at radius 1 is 1.11 bits per heavy atom. The first-order chi connectivity index (χ1) is 16.8. The Morgan fingerprint density at radius 2 is 1.75 bits per heavy atom. The standard InChI is InChI=1S/C28H34Cl2N2O4/c1-6-22(25(34)36-27(2,3)4)32-24(17-10-12-19(29)13-11-17)21(18-8-7-9-20(30)14-18)15-28(5,26(32)35)16-23(31)33/h7-14,21-22,24H,6,15-16H2,1-5H3,(H2,31,33)/t21-,22?,24-,28-/m1/s1. The Balaban J connectivity index is 2.25. The molecule has 2 aromatic rings. The van der Waals surface area contributed by atoms with Gasteiger partial charge >= 0.3 is 5.97 Å². The lowest BCUT2D eigenvalue weighted by molar-refractivity contribution is -0.174. The molecule has 4 atom stereocenters. The molecule has 0 saturated carbocycles. The molecule has 2 N–H and O–H groups in total. The van der Waals surface area contributed by atoms with Gasteiger partial charge in [0.05, 0.1) is 11.5 Å². The van der Waals surface area contributed by atoms with Gasteiger partial charge in [0.1, 0.15) is 11.6 Å². The van der Waals surface area contributed by atoms with Crippen LogP contribution in [0.3, 0.4) is 0 Å². The van der Waals surface area contributed by atoms with Crippen molar-refractivity contribution in [1.82, 2.24) is 4.90 Å². The smallest absolute Gasteiger partial charge is 0.329 e. The second kappa shape index (κ2) is 10.8. The molecule has 0 bridgehead atoms. The summed E-state index contributed by atoms with van der Waals surface area (Å²) in [5, 5.41) is 1.12. The number of nitrogens with two attached hydrogens (primary N) is 1. The minimum atomic E-state index is -1.11. The molecule has 0 spiro atoms. The molecule has 36 heavy (non-hydrogen) atoms. The van der Waals surface area contributed by atoms with E-state index >= 15 is 0 Å². The number of hydrogen-bond donors (Lipinski definition) is 1. The minimum absolute atomic E-state index is 0.141. The molecule has 2 amide bonds. The van der Waals surface area contributed by atoms with Crippen molar-refractivity contribution in [3.05, 3.63) is 69.7 Å². The number of nitrogens with zero attached hydrogens (tertiary/aromatic N) is 1. The van der Waals surface area contributed by atoms with E-state index in [9.17, 15) is 14.4 Å². The first-order valence-corrected chi connectivity index (χ1v) is 12.9. The van der Waals surface area contributed by atoms with E-state index in [0.717, 1.165) is 11.1 Å². The van der Waals surface area contributed by atoms with Crippen LogP contribution >= 0.6 is 23.2 Å². The van der Waals surface area contributed by atoms with Gasteiger partial charge in [-0.3, -0.25) is 9.59 Å². The quantitative estimate of drug-likeness (QED) is 0.439. The molecule has 6 nitrogen and oxygen atoms in total. The highest BCUT2D eigenvalue weighted by atomic mass is 35.5. The van der Waals surface area contributed by atoms with Crippen LogP contribution in [0, 0.1) is 5.41 Å². The Labute approximate surface area is 223 Å². The average Bonchev–Trinajstić information content (AvgIpc) is 2.76. The number of carbonyl (C=O) groups is 3. The molecule has 1 aliphatic heterocycles. The van der Waals surface area contributed by atoms with Crippen LogP contribution in [-0.4, -0.2) is 34.3 Å². The van der Waals surface area contributed by atoms with Crippen LogP contribution in [0.5, 0.6) is 0 Å². The zero-order chi connectivity index (χ0) is 26.8. The fourth-order valence-electron chi connectivity index (χ4n) is 5.12. The van der Waals surface area contributed by atoms with Gasteiger partial charge in [-0.15, -0.1) is 0 Å². The molecule has 2 aromatic carbocycles. The van der Waals surface area contributed by atoms with Gasteiger partial charge in [-0.2, -0.15) is 0 Å². The predicted molar refractivity (Wildman–Crippen MR) is 142 cm³/mol. The van der Waals surface area contributed by atoms with Crippen LogP contribution in [0.25, 0.3) is 0 Å². The second-order valence-corrected chi connectivity index (χ2v) is 11.6. The first-order valence-electron chi connectivity index (χ1n) is 12.1. The van der Waals surface area contributed by atoms with Crippen LogP contribution in [0.1, 0.15) is 77.0 Å². The third-order valence-corrected chi connectivity index (χ3v) is 7.04. The van der Waals surface area contributed by atoms with Gasteiger partial charge in [0.25, 0.3) is 0 Å².